The topological polar surface area (TPSA) is 70.2 Å². The number of hydrazine groups is 1. The molecule has 0 bridgehead atoms. The summed E-state index contributed by atoms with van der Waals surface area (Å²) in [4.78, 5) is 23.0. The van der Waals surface area contributed by atoms with Crippen molar-refractivity contribution in [2.24, 2.45) is 0 Å². The van der Waals surface area contributed by atoms with Gasteiger partial charge in [0.15, 0.2) is 0 Å². The molecule has 0 heterocycles. The van der Waals surface area contributed by atoms with E-state index in [0.717, 1.165) is 5.32 Å². The standard InChI is InChI=1S/C12H10BrF6N3O2/c1-10(11(14,15)16,12(17,18)19)20-9(24)22-21-8(23)6-4-2-3-5-7(6)13/h2-5H,1H3,(H,21,23)(H2,20,22,24). The fourth-order valence-corrected chi connectivity index (χ4v) is 1.85. The molecule has 0 saturated heterocycles. The van der Waals surface area contributed by atoms with Crippen molar-refractivity contribution in [3.05, 3.63) is 34.3 Å². The van der Waals surface area contributed by atoms with Crippen molar-refractivity contribution in [3.63, 3.8) is 0 Å². The lowest BCUT2D eigenvalue weighted by molar-refractivity contribution is -0.297. The molecule has 0 fully saturated rings. The Morgan fingerprint density at radius 1 is 0.958 bits per heavy atom. The summed E-state index contributed by atoms with van der Waals surface area (Å²) in [6, 6.07) is 3.93. The number of rotatable bonds is 2. The molecule has 0 aliphatic rings. The Hall–Kier alpha value is -1.98. The van der Waals surface area contributed by atoms with Gasteiger partial charge in [-0.15, -0.1) is 0 Å². The van der Waals surface area contributed by atoms with Crippen LogP contribution in [0.25, 0.3) is 0 Å². The molecule has 0 atom stereocenters. The Kier molecular flexibility index (Phi) is 5.74. The number of benzene rings is 1. The summed E-state index contributed by atoms with van der Waals surface area (Å²) in [5.41, 5.74) is -1.34. The quantitative estimate of drug-likeness (QED) is 0.506. The van der Waals surface area contributed by atoms with Crippen LogP contribution in [0.5, 0.6) is 0 Å². The number of nitrogens with one attached hydrogen (secondary N) is 3. The molecular weight excluding hydrogens is 412 g/mol. The second-order valence-corrected chi connectivity index (χ2v) is 5.49. The smallest absolute Gasteiger partial charge is 0.315 e. The molecule has 1 rings (SSSR count). The minimum atomic E-state index is -5.80. The van der Waals surface area contributed by atoms with Gasteiger partial charge in [0.2, 0.25) is 5.54 Å². The molecule has 3 amide bonds. The van der Waals surface area contributed by atoms with Crippen molar-refractivity contribution in [2.45, 2.75) is 24.8 Å². The number of amides is 3. The Morgan fingerprint density at radius 2 is 1.46 bits per heavy atom. The molecule has 0 aliphatic heterocycles. The molecule has 0 saturated carbocycles. The predicted molar refractivity (Wildman–Crippen MR) is 73.8 cm³/mol. The van der Waals surface area contributed by atoms with Gasteiger partial charge in [-0.2, -0.15) is 26.3 Å². The van der Waals surface area contributed by atoms with Crippen molar-refractivity contribution < 1.29 is 35.9 Å². The first-order valence-electron chi connectivity index (χ1n) is 6.06. The first-order chi connectivity index (χ1) is 10.8. The molecule has 5 nitrogen and oxygen atoms in total. The van der Waals surface area contributed by atoms with Crippen LogP contribution in [-0.4, -0.2) is 29.8 Å². The molecule has 1 aromatic carbocycles. The first kappa shape index (κ1) is 20.1. The third kappa shape index (κ3) is 4.30. The van der Waals surface area contributed by atoms with Gasteiger partial charge in [0.1, 0.15) is 0 Å². The van der Waals surface area contributed by atoms with Gasteiger partial charge in [0, 0.05) is 4.47 Å². The molecule has 0 unspecified atom stereocenters. The molecule has 0 aromatic heterocycles. The van der Waals surface area contributed by atoms with Gasteiger partial charge in [-0.05, 0) is 35.0 Å². The van der Waals surface area contributed by atoms with Gasteiger partial charge in [-0.1, -0.05) is 12.1 Å². The van der Waals surface area contributed by atoms with E-state index in [4.69, 9.17) is 0 Å². The lowest BCUT2D eigenvalue weighted by atomic mass is 10.0. The maximum atomic E-state index is 12.6. The number of carbonyl (C=O) groups excluding carboxylic acids is 2. The van der Waals surface area contributed by atoms with Crippen LogP contribution >= 0.6 is 15.9 Å². The Bertz CT molecular complexity index is 618. The third-order valence-corrected chi connectivity index (χ3v) is 3.60. The van der Waals surface area contributed by atoms with Crippen molar-refractivity contribution in [2.75, 3.05) is 0 Å². The Morgan fingerprint density at radius 3 is 1.92 bits per heavy atom. The zero-order chi connectivity index (χ0) is 18.8. The van der Waals surface area contributed by atoms with Gasteiger partial charge in [-0.25, -0.2) is 10.2 Å². The fraction of sp³-hybridized carbons (Fsp3) is 0.333. The Balaban J connectivity index is 2.78. The molecular formula is C12H10BrF6N3O2. The van der Waals surface area contributed by atoms with E-state index in [9.17, 15) is 35.9 Å². The summed E-state index contributed by atoms with van der Waals surface area (Å²) in [5.74, 6) is -0.946. The monoisotopic (exact) mass is 421 g/mol. The molecule has 0 spiro atoms. The molecule has 0 radical (unpaired) electrons. The van der Waals surface area contributed by atoms with Crippen LogP contribution in [0, 0.1) is 0 Å². The van der Waals surface area contributed by atoms with Crippen molar-refractivity contribution >= 4 is 27.9 Å². The highest BCUT2D eigenvalue weighted by Gasteiger charge is 2.68. The molecule has 12 heteroatoms. The lowest BCUT2D eigenvalue weighted by Crippen LogP contribution is -2.67. The van der Waals surface area contributed by atoms with E-state index < -0.39 is 29.8 Å². The molecule has 3 N–H and O–H groups in total. The van der Waals surface area contributed by atoms with Gasteiger partial charge < -0.3 is 5.32 Å². The minimum Gasteiger partial charge on any atom is -0.315 e. The SMILES string of the molecule is CC(NC(=O)NNC(=O)c1ccccc1Br)(C(F)(F)F)C(F)(F)F. The second kappa shape index (κ2) is 6.87. The number of alkyl halides is 6. The highest BCUT2D eigenvalue weighted by molar-refractivity contribution is 9.10. The molecule has 134 valence electrons. The van der Waals surface area contributed by atoms with Crippen LogP contribution < -0.4 is 16.2 Å². The molecule has 1 aromatic rings. The predicted octanol–water partition coefficient (Wildman–Crippen LogP) is 3.28. The van der Waals surface area contributed by atoms with E-state index in [1.807, 2.05) is 0 Å². The van der Waals surface area contributed by atoms with Crippen molar-refractivity contribution in [1.29, 1.82) is 0 Å². The fourth-order valence-electron chi connectivity index (χ4n) is 1.39. The van der Waals surface area contributed by atoms with E-state index in [-0.39, 0.29) is 12.5 Å². The number of urea groups is 1. The summed E-state index contributed by atoms with van der Waals surface area (Å²) in [6.07, 6.45) is -11.6. The summed E-state index contributed by atoms with van der Waals surface area (Å²) in [5, 5.41) is 0.768. The zero-order valence-electron chi connectivity index (χ0n) is 11.8. The third-order valence-electron chi connectivity index (χ3n) is 2.91. The van der Waals surface area contributed by atoms with Crippen LogP contribution in [0.3, 0.4) is 0 Å². The zero-order valence-corrected chi connectivity index (χ0v) is 13.4. The maximum Gasteiger partial charge on any atom is 0.420 e. The van der Waals surface area contributed by atoms with Gasteiger partial charge >= 0.3 is 18.4 Å². The summed E-state index contributed by atoms with van der Waals surface area (Å²) < 4.78 is 76.0. The summed E-state index contributed by atoms with van der Waals surface area (Å²) in [6.45, 7) is -0.234. The highest BCUT2D eigenvalue weighted by Crippen LogP contribution is 2.42. The summed E-state index contributed by atoms with van der Waals surface area (Å²) in [7, 11) is 0. The van der Waals surface area contributed by atoms with Gasteiger partial charge in [0.05, 0.1) is 5.56 Å². The van der Waals surface area contributed by atoms with E-state index in [1.165, 1.54) is 23.6 Å². The van der Waals surface area contributed by atoms with Crippen molar-refractivity contribution in [1.82, 2.24) is 16.2 Å². The highest BCUT2D eigenvalue weighted by atomic mass is 79.9. The van der Waals surface area contributed by atoms with E-state index in [2.05, 4.69) is 15.9 Å². The van der Waals surface area contributed by atoms with E-state index in [1.54, 1.807) is 11.5 Å². The van der Waals surface area contributed by atoms with E-state index in [0.29, 0.717) is 4.47 Å². The largest absolute Gasteiger partial charge is 0.420 e. The van der Waals surface area contributed by atoms with Gasteiger partial charge in [0.25, 0.3) is 5.91 Å². The van der Waals surface area contributed by atoms with E-state index >= 15 is 0 Å². The Labute approximate surface area is 139 Å². The van der Waals surface area contributed by atoms with Crippen LogP contribution in [0.1, 0.15) is 17.3 Å². The minimum absolute atomic E-state index is 0.00667. The van der Waals surface area contributed by atoms with Crippen LogP contribution in [0.4, 0.5) is 31.1 Å². The van der Waals surface area contributed by atoms with Crippen LogP contribution in [-0.2, 0) is 0 Å². The first-order valence-corrected chi connectivity index (χ1v) is 6.85. The number of hydrogen-bond acceptors (Lipinski definition) is 2. The average molecular weight is 422 g/mol. The number of hydrogen-bond donors (Lipinski definition) is 3. The number of halogens is 7. The molecule has 0 aliphatic carbocycles. The normalized spacial score (nSPS) is 12.5. The lowest BCUT2D eigenvalue weighted by Gasteiger charge is -2.34. The van der Waals surface area contributed by atoms with Crippen LogP contribution in [0.15, 0.2) is 28.7 Å². The number of carbonyl (C=O) groups is 2. The summed E-state index contributed by atoms with van der Waals surface area (Å²) >= 11 is 3.02. The molecule has 24 heavy (non-hydrogen) atoms. The van der Waals surface area contributed by atoms with Crippen LogP contribution in [0.2, 0.25) is 0 Å². The average Bonchev–Trinajstić information content (AvgIpc) is 2.42. The second-order valence-electron chi connectivity index (χ2n) is 4.63. The van der Waals surface area contributed by atoms with Crippen molar-refractivity contribution in [3.8, 4) is 0 Å². The van der Waals surface area contributed by atoms with Gasteiger partial charge in [-0.3, -0.25) is 10.2 Å². The maximum absolute atomic E-state index is 12.6.